The second-order valence-electron chi connectivity index (χ2n) is 7.50. The number of carbonyl (C=O) groups excluding carboxylic acids is 4. The van der Waals surface area contributed by atoms with Crippen molar-refractivity contribution in [2.24, 2.45) is 0 Å². The molecular formula is C24H20ClN3O4. The molecule has 0 saturated carbocycles. The minimum Gasteiger partial charge on any atom is -0.326 e. The number of imide groups is 1. The lowest BCUT2D eigenvalue weighted by Crippen LogP contribution is -2.41. The zero-order chi connectivity index (χ0) is 22.8. The van der Waals surface area contributed by atoms with Crippen molar-refractivity contribution >= 4 is 57.4 Å². The van der Waals surface area contributed by atoms with Crippen LogP contribution in [0.5, 0.6) is 0 Å². The van der Waals surface area contributed by atoms with Gasteiger partial charge in [-0.05, 0) is 42.1 Å². The number of nitrogens with zero attached hydrogens (tertiary/aromatic N) is 1. The van der Waals surface area contributed by atoms with E-state index in [1.54, 1.807) is 42.5 Å². The van der Waals surface area contributed by atoms with Gasteiger partial charge >= 0.3 is 0 Å². The first-order chi connectivity index (χ1) is 15.3. The van der Waals surface area contributed by atoms with Gasteiger partial charge < -0.3 is 10.6 Å². The Morgan fingerprint density at radius 2 is 1.59 bits per heavy atom. The maximum absolute atomic E-state index is 12.9. The highest BCUT2D eigenvalue weighted by Crippen LogP contribution is 2.30. The average Bonchev–Trinajstić information content (AvgIpc) is 2.76. The summed E-state index contributed by atoms with van der Waals surface area (Å²) in [7, 11) is 0. The molecule has 0 aliphatic carbocycles. The molecule has 4 amide bonds. The van der Waals surface area contributed by atoms with Crippen molar-refractivity contribution in [2.45, 2.75) is 19.8 Å². The molecule has 0 bridgehead atoms. The summed E-state index contributed by atoms with van der Waals surface area (Å²) >= 11 is 6.12. The smallest absolute Gasteiger partial charge is 0.261 e. The van der Waals surface area contributed by atoms with Crippen molar-refractivity contribution in [2.75, 3.05) is 17.2 Å². The van der Waals surface area contributed by atoms with Gasteiger partial charge in [0.25, 0.3) is 11.8 Å². The topological polar surface area (TPSA) is 95.6 Å². The summed E-state index contributed by atoms with van der Waals surface area (Å²) in [6.07, 6.45) is 0.438. The normalized spacial score (nSPS) is 12.8. The zero-order valence-electron chi connectivity index (χ0n) is 17.3. The Morgan fingerprint density at radius 3 is 2.19 bits per heavy atom. The number of rotatable bonds is 6. The molecular weight excluding hydrogens is 430 g/mol. The van der Waals surface area contributed by atoms with Crippen molar-refractivity contribution in [3.05, 3.63) is 70.7 Å². The quantitative estimate of drug-likeness (QED) is 0.543. The number of anilines is 2. The molecule has 0 atom stereocenters. The molecule has 2 N–H and O–H groups in total. The average molecular weight is 450 g/mol. The van der Waals surface area contributed by atoms with E-state index in [2.05, 4.69) is 10.6 Å². The summed E-state index contributed by atoms with van der Waals surface area (Å²) in [5, 5.41) is 7.16. The largest absolute Gasteiger partial charge is 0.326 e. The maximum atomic E-state index is 12.9. The Balaban J connectivity index is 1.38. The number of hydrogen-bond donors (Lipinski definition) is 2. The number of nitrogens with one attached hydrogen (secondary N) is 2. The van der Waals surface area contributed by atoms with Crippen molar-refractivity contribution in [1.29, 1.82) is 0 Å². The van der Waals surface area contributed by atoms with Gasteiger partial charge in [0, 0.05) is 42.1 Å². The summed E-state index contributed by atoms with van der Waals surface area (Å²) in [6, 6.07) is 15.5. The van der Waals surface area contributed by atoms with Gasteiger partial charge in [-0.25, -0.2) is 0 Å². The maximum Gasteiger partial charge on any atom is 0.261 e. The molecule has 8 heteroatoms. The van der Waals surface area contributed by atoms with Crippen LogP contribution in [0.1, 0.15) is 40.5 Å². The molecule has 32 heavy (non-hydrogen) atoms. The number of halogens is 1. The van der Waals surface area contributed by atoms with Crippen LogP contribution in [0.15, 0.2) is 54.6 Å². The minimum absolute atomic E-state index is 0.119. The van der Waals surface area contributed by atoms with Gasteiger partial charge in [0.1, 0.15) is 0 Å². The second-order valence-corrected chi connectivity index (χ2v) is 7.91. The summed E-state index contributed by atoms with van der Waals surface area (Å²) in [5.41, 5.74) is 1.93. The minimum atomic E-state index is -0.347. The standard InChI is InChI=1S/C24H20ClN3O4/c1-14(29)26-20-11-10-16(13-19(20)25)27-21(30)9-4-12-28-23(31)17-7-2-5-15-6-3-8-18(22(15)17)24(28)32/h2-3,5-8,10-11,13H,4,9,12H2,1H3,(H,26,29)(H,27,30). The van der Waals surface area contributed by atoms with Crippen molar-refractivity contribution in [1.82, 2.24) is 4.90 Å². The third-order valence-corrected chi connectivity index (χ3v) is 5.52. The van der Waals surface area contributed by atoms with Crippen LogP contribution in [0.2, 0.25) is 5.02 Å². The van der Waals surface area contributed by atoms with E-state index >= 15 is 0 Å². The molecule has 1 heterocycles. The Kier molecular flexibility index (Phi) is 5.92. The summed E-state index contributed by atoms with van der Waals surface area (Å²) < 4.78 is 0. The first-order valence-electron chi connectivity index (χ1n) is 10.1. The molecule has 7 nitrogen and oxygen atoms in total. The van der Waals surface area contributed by atoms with Crippen molar-refractivity contribution in [3.63, 3.8) is 0 Å². The molecule has 3 aromatic carbocycles. The van der Waals surface area contributed by atoms with E-state index in [-0.39, 0.29) is 36.6 Å². The molecule has 0 spiro atoms. The monoisotopic (exact) mass is 449 g/mol. The molecule has 0 unspecified atom stereocenters. The van der Waals surface area contributed by atoms with Crippen LogP contribution in [0.25, 0.3) is 10.8 Å². The molecule has 0 aromatic heterocycles. The van der Waals surface area contributed by atoms with Crippen molar-refractivity contribution < 1.29 is 19.2 Å². The molecule has 3 aromatic rings. The van der Waals surface area contributed by atoms with Gasteiger partial charge in [0.2, 0.25) is 11.8 Å². The molecule has 1 aliphatic heterocycles. The number of carbonyl (C=O) groups is 4. The van der Waals surface area contributed by atoms with E-state index in [4.69, 9.17) is 11.6 Å². The van der Waals surface area contributed by atoms with E-state index < -0.39 is 0 Å². The summed E-state index contributed by atoms with van der Waals surface area (Å²) in [4.78, 5) is 50.5. The lowest BCUT2D eigenvalue weighted by molar-refractivity contribution is -0.116. The lowest BCUT2D eigenvalue weighted by atomic mass is 9.94. The van der Waals surface area contributed by atoms with Crippen LogP contribution >= 0.6 is 11.6 Å². The van der Waals surface area contributed by atoms with Crippen molar-refractivity contribution in [3.8, 4) is 0 Å². The fraction of sp³-hybridized carbons (Fsp3) is 0.167. The first kappa shape index (κ1) is 21.5. The zero-order valence-corrected chi connectivity index (χ0v) is 18.0. The summed E-state index contributed by atoms with van der Waals surface area (Å²) in [5.74, 6) is -1.21. The van der Waals surface area contributed by atoms with Gasteiger partial charge in [-0.15, -0.1) is 0 Å². The fourth-order valence-electron chi connectivity index (χ4n) is 3.79. The van der Waals surface area contributed by atoms with Gasteiger partial charge in [0.05, 0.1) is 10.7 Å². The Labute approximate surface area is 189 Å². The van der Waals surface area contributed by atoms with Crippen LogP contribution < -0.4 is 10.6 Å². The highest BCUT2D eigenvalue weighted by molar-refractivity contribution is 6.34. The lowest BCUT2D eigenvalue weighted by Gasteiger charge is -2.27. The van der Waals surface area contributed by atoms with Crippen LogP contribution in [-0.2, 0) is 9.59 Å². The molecule has 0 fully saturated rings. The van der Waals surface area contributed by atoms with Crippen LogP contribution in [0.4, 0.5) is 11.4 Å². The number of hydrogen-bond acceptors (Lipinski definition) is 4. The Morgan fingerprint density at radius 1 is 0.938 bits per heavy atom. The van der Waals surface area contributed by atoms with Gasteiger partial charge in [-0.3, -0.25) is 24.1 Å². The fourth-order valence-corrected chi connectivity index (χ4v) is 4.02. The highest BCUT2D eigenvalue weighted by atomic mass is 35.5. The van der Waals surface area contributed by atoms with Crippen LogP contribution in [0.3, 0.4) is 0 Å². The van der Waals surface area contributed by atoms with E-state index in [1.165, 1.54) is 11.8 Å². The van der Waals surface area contributed by atoms with Gasteiger partial charge in [-0.1, -0.05) is 35.9 Å². The molecule has 1 aliphatic rings. The van der Waals surface area contributed by atoms with Crippen LogP contribution in [-0.4, -0.2) is 35.1 Å². The van der Waals surface area contributed by atoms with Crippen LogP contribution in [0, 0.1) is 0 Å². The van der Waals surface area contributed by atoms with Gasteiger partial charge in [-0.2, -0.15) is 0 Å². The third-order valence-electron chi connectivity index (χ3n) is 5.20. The van der Waals surface area contributed by atoms with E-state index in [0.29, 0.717) is 39.3 Å². The molecule has 0 radical (unpaired) electrons. The van der Waals surface area contributed by atoms with Gasteiger partial charge in [0.15, 0.2) is 0 Å². The Bertz CT molecular complexity index is 1220. The highest BCUT2D eigenvalue weighted by Gasteiger charge is 2.32. The number of benzene rings is 3. The third kappa shape index (κ3) is 4.20. The predicted molar refractivity (Wildman–Crippen MR) is 123 cm³/mol. The molecule has 4 rings (SSSR count). The molecule has 0 saturated heterocycles. The summed E-state index contributed by atoms with van der Waals surface area (Å²) in [6.45, 7) is 1.51. The Hall–Kier alpha value is -3.71. The molecule has 162 valence electrons. The first-order valence-corrected chi connectivity index (χ1v) is 10.5. The predicted octanol–water partition coefficient (Wildman–Crippen LogP) is 4.47. The number of amides is 4. The van der Waals surface area contributed by atoms with E-state index in [9.17, 15) is 19.2 Å². The second kappa shape index (κ2) is 8.80. The van der Waals surface area contributed by atoms with E-state index in [0.717, 1.165) is 5.39 Å². The van der Waals surface area contributed by atoms with E-state index in [1.807, 2.05) is 12.1 Å². The SMILES string of the molecule is CC(=O)Nc1ccc(NC(=O)CCCN2C(=O)c3cccc4cccc(c34)C2=O)cc1Cl.